The highest BCUT2D eigenvalue weighted by Gasteiger charge is 2.10. The molecule has 0 aromatic heterocycles. The van der Waals surface area contributed by atoms with E-state index >= 15 is 0 Å². The van der Waals surface area contributed by atoms with Crippen molar-refractivity contribution in [3.63, 3.8) is 0 Å². The van der Waals surface area contributed by atoms with Crippen LogP contribution in [0.4, 0.5) is 0 Å². The zero-order chi connectivity index (χ0) is 10.1. The predicted molar refractivity (Wildman–Crippen MR) is 45.7 cm³/mol. The number of aliphatic hydroxyl groups excluding tert-OH is 4. The molecule has 5 heteroatoms. The van der Waals surface area contributed by atoms with Crippen molar-refractivity contribution in [2.75, 3.05) is 13.2 Å². The molecule has 0 amide bonds. The summed E-state index contributed by atoms with van der Waals surface area (Å²) in [6.07, 6.45) is -0.608. The molecule has 0 radical (unpaired) electrons. The Morgan fingerprint density at radius 1 is 0.846 bits per heavy atom. The first-order valence-electron chi connectivity index (χ1n) is 4.44. The Morgan fingerprint density at radius 3 is 1.54 bits per heavy atom. The fraction of sp³-hybridized carbons (Fsp3) is 1.00. The third-order valence-electron chi connectivity index (χ3n) is 1.53. The van der Waals surface area contributed by atoms with Gasteiger partial charge in [-0.2, -0.15) is 0 Å². The highest BCUT2D eigenvalue weighted by molar-refractivity contribution is 4.47. The summed E-state index contributed by atoms with van der Waals surface area (Å²) in [7, 11) is 0. The van der Waals surface area contributed by atoms with Crippen LogP contribution in [0.3, 0.4) is 0 Å². The molecule has 0 aromatic carbocycles. The van der Waals surface area contributed by atoms with Gasteiger partial charge in [0.2, 0.25) is 0 Å². The van der Waals surface area contributed by atoms with Gasteiger partial charge in [-0.1, -0.05) is 0 Å². The average Bonchev–Trinajstić information content (AvgIpc) is 2.11. The first-order chi connectivity index (χ1) is 6.20. The van der Waals surface area contributed by atoms with Crippen LogP contribution in [0, 0.1) is 0 Å². The maximum absolute atomic E-state index is 9.09. The van der Waals surface area contributed by atoms with Crippen LogP contribution in [-0.4, -0.2) is 46.2 Å². The lowest BCUT2D eigenvalue weighted by molar-refractivity contribution is -0.212. The van der Waals surface area contributed by atoms with Gasteiger partial charge in [0.25, 0.3) is 0 Å². The van der Waals surface area contributed by atoms with E-state index in [1.54, 1.807) is 0 Å². The zero-order valence-corrected chi connectivity index (χ0v) is 7.59. The highest BCUT2D eigenvalue weighted by Crippen LogP contribution is 2.05. The molecule has 2 atom stereocenters. The Labute approximate surface area is 77.6 Å². The van der Waals surface area contributed by atoms with Crippen LogP contribution < -0.4 is 0 Å². The third kappa shape index (κ3) is 8.14. The van der Waals surface area contributed by atoms with Crippen molar-refractivity contribution in [3.8, 4) is 0 Å². The normalized spacial score (nSPS) is 15.7. The van der Waals surface area contributed by atoms with Gasteiger partial charge in [-0.25, -0.2) is 0 Å². The molecule has 0 aromatic rings. The van der Waals surface area contributed by atoms with Gasteiger partial charge in [-0.3, -0.25) is 0 Å². The number of ether oxygens (including phenoxy) is 1. The molecular formula is C8H18O5. The molecule has 0 aliphatic rings. The van der Waals surface area contributed by atoms with Crippen LogP contribution in [-0.2, 0) is 4.74 Å². The van der Waals surface area contributed by atoms with E-state index < -0.39 is 12.6 Å². The molecule has 0 spiro atoms. The number of rotatable bonds is 8. The maximum atomic E-state index is 9.09. The molecule has 0 aliphatic carbocycles. The van der Waals surface area contributed by atoms with Crippen LogP contribution >= 0.6 is 0 Å². The van der Waals surface area contributed by atoms with E-state index in [1.165, 1.54) is 0 Å². The molecule has 0 saturated carbocycles. The van der Waals surface area contributed by atoms with Crippen LogP contribution in [0.5, 0.6) is 0 Å². The van der Waals surface area contributed by atoms with Gasteiger partial charge in [-0.05, 0) is 12.8 Å². The summed E-state index contributed by atoms with van der Waals surface area (Å²) in [5.41, 5.74) is 0. The molecular weight excluding hydrogens is 176 g/mol. The molecule has 13 heavy (non-hydrogen) atoms. The van der Waals surface area contributed by atoms with E-state index in [9.17, 15) is 0 Å². The Bertz CT molecular complexity index is 96.7. The second-order valence-electron chi connectivity index (χ2n) is 2.78. The summed E-state index contributed by atoms with van der Waals surface area (Å²) in [6.45, 7) is -0.0136. The summed E-state index contributed by atoms with van der Waals surface area (Å²) in [5, 5.41) is 35.0. The minimum Gasteiger partial charge on any atom is -0.396 e. The van der Waals surface area contributed by atoms with E-state index in [4.69, 9.17) is 25.2 Å². The second kappa shape index (κ2) is 8.40. The van der Waals surface area contributed by atoms with Crippen LogP contribution in [0.15, 0.2) is 0 Å². The fourth-order valence-electron chi connectivity index (χ4n) is 0.849. The lowest BCUT2D eigenvalue weighted by atomic mass is 10.3. The first-order valence-corrected chi connectivity index (χ1v) is 4.44. The monoisotopic (exact) mass is 194 g/mol. The van der Waals surface area contributed by atoms with Gasteiger partial charge >= 0.3 is 0 Å². The Hall–Kier alpha value is -0.200. The number of hydrogen-bond donors (Lipinski definition) is 4. The molecule has 0 saturated heterocycles. The van der Waals surface area contributed by atoms with Gasteiger partial charge < -0.3 is 25.2 Å². The summed E-state index contributed by atoms with van der Waals surface area (Å²) in [6, 6.07) is 0. The Kier molecular flexibility index (Phi) is 8.27. The minimum atomic E-state index is -1.04. The van der Waals surface area contributed by atoms with Crippen molar-refractivity contribution < 1.29 is 25.2 Å². The molecule has 80 valence electrons. The van der Waals surface area contributed by atoms with E-state index in [2.05, 4.69) is 0 Å². The standard InChI is InChI=1S/C8H18O5/c9-5-1-3-7(11)13-8(12)4-2-6-10/h7-12H,1-6H2. The van der Waals surface area contributed by atoms with Crippen molar-refractivity contribution in [2.24, 2.45) is 0 Å². The molecule has 0 aliphatic heterocycles. The summed E-state index contributed by atoms with van der Waals surface area (Å²) < 4.78 is 4.74. The largest absolute Gasteiger partial charge is 0.396 e. The molecule has 0 rings (SSSR count). The predicted octanol–water partition coefficient (Wildman–Crippen LogP) is -0.815. The smallest absolute Gasteiger partial charge is 0.157 e. The van der Waals surface area contributed by atoms with E-state index in [0.29, 0.717) is 25.7 Å². The number of hydrogen-bond acceptors (Lipinski definition) is 5. The Balaban J connectivity index is 3.35. The van der Waals surface area contributed by atoms with Crippen molar-refractivity contribution in [1.29, 1.82) is 0 Å². The van der Waals surface area contributed by atoms with Gasteiger partial charge in [0, 0.05) is 26.1 Å². The summed E-state index contributed by atoms with van der Waals surface area (Å²) in [5.74, 6) is 0. The van der Waals surface area contributed by atoms with Gasteiger partial charge in [0.1, 0.15) is 0 Å². The van der Waals surface area contributed by atoms with Crippen molar-refractivity contribution >= 4 is 0 Å². The third-order valence-corrected chi connectivity index (χ3v) is 1.53. The average molecular weight is 194 g/mol. The van der Waals surface area contributed by atoms with Crippen LogP contribution in [0.1, 0.15) is 25.7 Å². The SMILES string of the molecule is OCCCC(O)OC(O)CCCO. The fourth-order valence-corrected chi connectivity index (χ4v) is 0.849. The topological polar surface area (TPSA) is 90.2 Å². The lowest BCUT2D eigenvalue weighted by Gasteiger charge is -2.16. The van der Waals surface area contributed by atoms with E-state index in [1.807, 2.05) is 0 Å². The maximum Gasteiger partial charge on any atom is 0.157 e. The van der Waals surface area contributed by atoms with Crippen LogP contribution in [0.2, 0.25) is 0 Å². The van der Waals surface area contributed by atoms with Crippen molar-refractivity contribution in [1.82, 2.24) is 0 Å². The molecule has 0 fully saturated rings. The van der Waals surface area contributed by atoms with E-state index in [-0.39, 0.29) is 13.2 Å². The van der Waals surface area contributed by atoms with Gasteiger partial charge in [-0.15, -0.1) is 0 Å². The molecule has 5 nitrogen and oxygen atoms in total. The van der Waals surface area contributed by atoms with Crippen molar-refractivity contribution in [2.45, 2.75) is 38.3 Å². The quantitative estimate of drug-likeness (QED) is 0.379. The summed E-state index contributed by atoms with van der Waals surface area (Å²) in [4.78, 5) is 0. The highest BCUT2D eigenvalue weighted by atomic mass is 16.7. The van der Waals surface area contributed by atoms with E-state index in [0.717, 1.165) is 0 Å². The van der Waals surface area contributed by atoms with Crippen molar-refractivity contribution in [3.05, 3.63) is 0 Å². The number of aliphatic hydroxyl groups is 4. The van der Waals surface area contributed by atoms with Crippen LogP contribution in [0.25, 0.3) is 0 Å². The molecule has 0 bridgehead atoms. The Morgan fingerprint density at radius 2 is 1.23 bits per heavy atom. The molecule has 0 heterocycles. The summed E-state index contributed by atoms with van der Waals surface area (Å²) >= 11 is 0. The molecule has 4 N–H and O–H groups in total. The lowest BCUT2D eigenvalue weighted by Crippen LogP contribution is -2.22. The first kappa shape index (κ1) is 12.8. The zero-order valence-electron chi connectivity index (χ0n) is 7.59. The minimum absolute atomic E-state index is 0.00679. The van der Waals surface area contributed by atoms with Gasteiger partial charge in [0.05, 0.1) is 0 Å². The molecule has 2 unspecified atom stereocenters. The van der Waals surface area contributed by atoms with Gasteiger partial charge in [0.15, 0.2) is 12.6 Å². The second-order valence-corrected chi connectivity index (χ2v) is 2.78.